The molecule has 3 aromatic carbocycles. The number of halogens is 1. The predicted octanol–water partition coefficient (Wildman–Crippen LogP) is 3.76. The van der Waals surface area contributed by atoms with E-state index in [9.17, 15) is 17.9 Å². The molecule has 0 fully saturated rings. The first-order chi connectivity index (χ1) is 10.9. The molecule has 0 aliphatic carbocycles. The minimum absolute atomic E-state index is 0.000949. The zero-order valence-electron chi connectivity index (χ0n) is 12.2. The third kappa shape index (κ3) is 2.98. The number of hydrogen-bond acceptors (Lipinski definition) is 4. The molecule has 0 unspecified atom stereocenters. The van der Waals surface area contributed by atoms with Gasteiger partial charge in [-0.05, 0) is 42.6 Å². The normalized spacial score (nSPS) is 11.6. The molecular formula is C17H13FO4S. The van der Waals surface area contributed by atoms with Crippen LogP contribution in [0.4, 0.5) is 4.39 Å². The standard InChI is InChI=1S/C17H13FO4S/c1-11-2-7-14(8-3-11)23(20,21)22-13-6-4-12-5-9-16(18)17(19)15(12)10-13/h2-10,19H,1H3. The number of hydrogen-bond donors (Lipinski definition) is 1. The van der Waals surface area contributed by atoms with Gasteiger partial charge in [0.2, 0.25) is 0 Å². The molecular weight excluding hydrogens is 319 g/mol. The van der Waals surface area contributed by atoms with Gasteiger partial charge in [-0.15, -0.1) is 0 Å². The molecule has 0 aromatic heterocycles. The van der Waals surface area contributed by atoms with Crippen molar-refractivity contribution in [2.45, 2.75) is 11.8 Å². The molecule has 0 amide bonds. The molecule has 1 N–H and O–H groups in total. The highest BCUT2D eigenvalue weighted by Crippen LogP contribution is 2.31. The third-order valence-electron chi connectivity index (χ3n) is 3.43. The third-order valence-corrected chi connectivity index (χ3v) is 4.69. The molecule has 0 aliphatic rings. The van der Waals surface area contributed by atoms with Crippen molar-refractivity contribution < 1.29 is 22.1 Å². The predicted molar refractivity (Wildman–Crippen MR) is 84.6 cm³/mol. The first-order valence-corrected chi connectivity index (χ1v) is 8.20. The van der Waals surface area contributed by atoms with Crippen molar-refractivity contribution >= 4 is 20.9 Å². The molecule has 3 aromatic rings. The van der Waals surface area contributed by atoms with E-state index in [-0.39, 0.29) is 16.0 Å². The molecule has 118 valence electrons. The minimum Gasteiger partial charge on any atom is -0.504 e. The van der Waals surface area contributed by atoms with Gasteiger partial charge in [-0.1, -0.05) is 29.8 Å². The highest BCUT2D eigenvalue weighted by atomic mass is 32.2. The Morgan fingerprint density at radius 3 is 2.35 bits per heavy atom. The van der Waals surface area contributed by atoms with E-state index in [1.807, 2.05) is 6.92 Å². The highest BCUT2D eigenvalue weighted by Gasteiger charge is 2.17. The zero-order chi connectivity index (χ0) is 16.6. The lowest BCUT2D eigenvalue weighted by Crippen LogP contribution is -2.09. The first-order valence-electron chi connectivity index (χ1n) is 6.79. The summed E-state index contributed by atoms with van der Waals surface area (Å²) in [4.78, 5) is 0.0201. The van der Waals surface area contributed by atoms with Gasteiger partial charge >= 0.3 is 10.1 Å². The van der Waals surface area contributed by atoms with E-state index in [4.69, 9.17) is 4.18 Å². The maximum Gasteiger partial charge on any atom is 0.339 e. The monoisotopic (exact) mass is 332 g/mol. The fourth-order valence-electron chi connectivity index (χ4n) is 2.19. The summed E-state index contributed by atoms with van der Waals surface area (Å²) in [5.41, 5.74) is 0.926. The fraction of sp³-hybridized carbons (Fsp3) is 0.0588. The summed E-state index contributed by atoms with van der Waals surface area (Å²) < 4.78 is 43.0. The van der Waals surface area contributed by atoms with Gasteiger partial charge in [0.05, 0.1) is 0 Å². The zero-order valence-corrected chi connectivity index (χ0v) is 13.0. The van der Waals surface area contributed by atoms with Crippen LogP contribution in [0, 0.1) is 12.7 Å². The number of fused-ring (bicyclic) bond motifs is 1. The van der Waals surface area contributed by atoms with Crippen molar-refractivity contribution in [3.8, 4) is 11.5 Å². The van der Waals surface area contributed by atoms with Gasteiger partial charge in [-0.25, -0.2) is 4.39 Å². The van der Waals surface area contributed by atoms with E-state index < -0.39 is 21.7 Å². The SMILES string of the molecule is Cc1ccc(S(=O)(=O)Oc2ccc3ccc(F)c(O)c3c2)cc1. The number of phenols is 1. The second kappa shape index (κ2) is 5.55. The van der Waals surface area contributed by atoms with Crippen LogP contribution in [0.1, 0.15) is 5.56 Å². The Bertz CT molecular complexity index is 979. The van der Waals surface area contributed by atoms with Gasteiger partial charge in [-0.2, -0.15) is 8.42 Å². The highest BCUT2D eigenvalue weighted by molar-refractivity contribution is 7.87. The first kappa shape index (κ1) is 15.3. The number of rotatable bonds is 3. The molecule has 0 aliphatic heterocycles. The summed E-state index contributed by atoms with van der Waals surface area (Å²) in [6.07, 6.45) is 0. The van der Waals surface area contributed by atoms with Crippen LogP contribution in [-0.4, -0.2) is 13.5 Å². The maximum atomic E-state index is 13.4. The van der Waals surface area contributed by atoms with Crippen LogP contribution in [-0.2, 0) is 10.1 Å². The summed E-state index contributed by atoms with van der Waals surface area (Å²) in [6, 6.07) is 13.1. The van der Waals surface area contributed by atoms with E-state index in [0.29, 0.717) is 5.39 Å². The Kier molecular flexibility index (Phi) is 3.69. The van der Waals surface area contributed by atoms with E-state index in [2.05, 4.69) is 0 Å². The van der Waals surface area contributed by atoms with Gasteiger partial charge in [-0.3, -0.25) is 0 Å². The van der Waals surface area contributed by atoms with Crippen LogP contribution >= 0.6 is 0 Å². The topological polar surface area (TPSA) is 63.6 Å². The van der Waals surface area contributed by atoms with E-state index in [1.54, 1.807) is 18.2 Å². The number of benzene rings is 3. The van der Waals surface area contributed by atoms with Crippen molar-refractivity contribution in [1.82, 2.24) is 0 Å². The lowest BCUT2D eigenvalue weighted by Gasteiger charge is -2.09. The van der Waals surface area contributed by atoms with Crippen LogP contribution in [0.5, 0.6) is 11.5 Å². The fourth-order valence-corrected chi connectivity index (χ4v) is 3.11. The average molecular weight is 332 g/mol. The van der Waals surface area contributed by atoms with Crippen LogP contribution in [0.2, 0.25) is 0 Å². The molecule has 0 bridgehead atoms. The van der Waals surface area contributed by atoms with Crippen molar-refractivity contribution in [2.75, 3.05) is 0 Å². The molecule has 4 nitrogen and oxygen atoms in total. The Balaban J connectivity index is 2.01. The van der Waals surface area contributed by atoms with Crippen molar-refractivity contribution in [3.05, 3.63) is 66.0 Å². The summed E-state index contributed by atoms with van der Waals surface area (Å²) in [5.74, 6) is -1.32. The summed E-state index contributed by atoms with van der Waals surface area (Å²) in [7, 11) is -4.00. The Hall–Kier alpha value is -2.60. The van der Waals surface area contributed by atoms with Gasteiger partial charge in [0.1, 0.15) is 10.6 Å². The molecule has 0 heterocycles. The molecule has 3 rings (SSSR count). The van der Waals surface area contributed by atoms with Gasteiger partial charge < -0.3 is 9.29 Å². The van der Waals surface area contributed by atoms with Crippen LogP contribution in [0.3, 0.4) is 0 Å². The Labute approximate surface area is 132 Å². The largest absolute Gasteiger partial charge is 0.504 e. The number of phenolic OH excluding ortho intramolecular Hbond substituents is 1. The second-order valence-corrected chi connectivity index (χ2v) is 6.68. The molecule has 0 spiro atoms. The van der Waals surface area contributed by atoms with Crippen molar-refractivity contribution in [2.24, 2.45) is 0 Å². The molecule has 0 saturated carbocycles. The van der Waals surface area contributed by atoms with Gasteiger partial charge in [0.15, 0.2) is 11.6 Å². The smallest absolute Gasteiger partial charge is 0.339 e. The van der Waals surface area contributed by atoms with Crippen LogP contribution in [0.15, 0.2) is 59.5 Å². The summed E-state index contributed by atoms with van der Waals surface area (Å²) in [6.45, 7) is 1.85. The van der Waals surface area contributed by atoms with Gasteiger partial charge in [0.25, 0.3) is 0 Å². The summed E-state index contributed by atoms with van der Waals surface area (Å²) in [5, 5.41) is 10.5. The van der Waals surface area contributed by atoms with Crippen LogP contribution < -0.4 is 4.18 Å². The van der Waals surface area contributed by atoms with E-state index >= 15 is 0 Å². The number of aryl methyl sites for hydroxylation is 1. The number of aromatic hydroxyl groups is 1. The van der Waals surface area contributed by atoms with Crippen LogP contribution in [0.25, 0.3) is 10.8 Å². The Morgan fingerprint density at radius 2 is 1.65 bits per heavy atom. The molecule has 6 heteroatoms. The average Bonchev–Trinajstić information content (AvgIpc) is 2.51. The maximum absolute atomic E-state index is 13.4. The lowest BCUT2D eigenvalue weighted by molar-refractivity contribution is 0.438. The molecule has 0 radical (unpaired) electrons. The molecule has 0 atom stereocenters. The van der Waals surface area contributed by atoms with Crippen molar-refractivity contribution in [1.29, 1.82) is 0 Å². The minimum atomic E-state index is -4.00. The Morgan fingerprint density at radius 1 is 1.00 bits per heavy atom. The van der Waals surface area contributed by atoms with E-state index in [1.165, 1.54) is 30.3 Å². The van der Waals surface area contributed by atoms with E-state index in [0.717, 1.165) is 11.6 Å². The van der Waals surface area contributed by atoms with Gasteiger partial charge in [0, 0.05) is 5.39 Å². The lowest BCUT2D eigenvalue weighted by atomic mass is 10.1. The second-order valence-electron chi connectivity index (χ2n) is 5.13. The van der Waals surface area contributed by atoms with Crippen molar-refractivity contribution in [3.63, 3.8) is 0 Å². The quantitative estimate of drug-likeness (QED) is 0.742. The molecule has 0 saturated heterocycles. The summed E-state index contributed by atoms with van der Waals surface area (Å²) >= 11 is 0. The molecule has 23 heavy (non-hydrogen) atoms.